The number of ether oxygens (including phenoxy) is 1. The molecule has 0 aromatic heterocycles. The van der Waals surface area contributed by atoms with Gasteiger partial charge in [0, 0.05) is 26.3 Å². The van der Waals surface area contributed by atoms with E-state index in [0.717, 1.165) is 9.80 Å². The van der Waals surface area contributed by atoms with E-state index in [4.69, 9.17) is 4.74 Å². The van der Waals surface area contributed by atoms with Gasteiger partial charge < -0.3 is 56.7 Å². The Morgan fingerprint density at radius 3 is 2.06 bits per heavy atom. The maximum absolute atomic E-state index is 15.0. The van der Waals surface area contributed by atoms with E-state index in [1.165, 1.54) is 46.0 Å². The average Bonchev–Trinajstić information content (AvgIpc) is 3.30. The first-order valence-electron chi connectivity index (χ1n) is 23.8. The van der Waals surface area contributed by atoms with Crippen LogP contribution < -0.4 is 31.9 Å². The van der Waals surface area contributed by atoms with Crippen molar-refractivity contribution in [1.29, 1.82) is 0 Å². The first kappa shape index (κ1) is 55.8. The summed E-state index contributed by atoms with van der Waals surface area (Å²) in [5, 5.41) is 37.2. The molecule has 20 heteroatoms. The van der Waals surface area contributed by atoms with Crippen LogP contribution in [0.25, 0.3) is 0 Å². The molecule has 8 amide bonds. The Bertz CT molecular complexity index is 2240. The molecule has 0 aliphatic carbocycles. The molecule has 70 heavy (non-hydrogen) atoms. The van der Waals surface area contributed by atoms with Crippen molar-refractivity contribution in [3.63, 3.8) is 0 Å². The van der Waals surface area contributed by atoms with E-state index in [1.54, 1.807) is 77.1 Å². The molecule has 2 saturated heterocycles. The van der Waals surface area contributed by atoms with Crippen molar-refractivity contribution in [2.75, 3.05) is 7.05 Å². The van der Waals surface area contributed by atoms with Crippen molar-refractivity contribution in [2.24, 2.45) is 11.8 Å². The second-order valence-electron chi connectivity index (χ2n) is 18.7. The molecule has 382 valence electrons. The van der Waals surface area contributed by atoms with E-state index < -0.39 is 108 Å². The van der Waals surface area contributed by atoms with Crippen LogP contribution in [0.15, 0.2) is 66.4 Å². The van der Waals surface area contributed by atoms with Crippen molar-refractivity contribution < 1.29 is 58.1 Å². The molecule has 2 aromatic rings. The number of allylic oxidation sites excluding steroid dienone is 1. The maximum Gasteiger partial charge on any atom is 0.329 e. The van der Waals surface area contributed by atoms with Gasteiger partial charge >= 0.3 is 5.97 Å². The third-order valence-corrected chi connectivity index (χ3v) is 12.2. The summed E-state index contributed by atoms with van der Waals surface area (Å²) in [6.07, 6.45) is -1.35. The Hall–Kier alpha value is -6.83. The molecule has 8 N–H and O–H groups in total. The van der Waals surface area contributed by atoms with Gasteiger partial charge in [-0.05, 0) is 81.5 Å². The number of carbonyl (C=O) groups excluding carboxylic acids is 9. The Labute approximate surface area is 409 Å². The van der Waals surface area contributed by atoms with Crippen molar-refractivity contribution in [2.45, 2.75) is 155 Å². The van der Waals surface area contributed by atoms with E-state index in [1.807, 2.05) is 0 Å². The van der Waals surface area contributed by atoms with Crippen LogP contribution in [-0.4, -0.2) is 135 Å². The van der Waals surface area contributed by atoms with E-state index >= 15 is 4.79 Å². The van der Waals surface area contributed by atoms with Gasteiger partial charge in [-0.3, -0.25) is 38.4 Å². The number of carbonyl (C=O) groups is 9. The number of amides is 8. The van der Waals surface area contributed by atoms with Gasteiger partial charge in [0.25, 0.3) is 5.91 Å². The molecule has 2 aromatic carbocycles. The molecule has 2 aliphatic rings. The quantitative estimate of drug-likeness (QED) is 0.0981. The van der Waals surface area contributed by atoms with Crippen LogP contribution in [0.2, 0.25) is 0 Å². The predicted octanol–water partition coefficient (Wildman–Crippen LogP) is 1.23. The van der Waals surface area contributed by atoms with Crippen molar-refractivity contribution >= 4 is 53.2 Å². The van der Waals surface area contributed by atoms with Crippen LogP contribution in [0.3, 0.4) is 0 Å². The summed E-state index contributed by atoms with van der Waals surface area (Å²) in [5.41, 5.74) is 0.808. The zero-order chi connectivity index (χ0) is 52.0. The number of hydrogen-bond donors (Lipinski definition) is 8. The molecule has 4 rings (SSSR count). The second kappa shape index (κ2) is 25.7. The monoisotopic (exact) mass is 975 g/mol. The third kappa shape index (κ3) is 15.1. The molecule has 2 bridgehead atoms. The molecular formula is C50H70N8O12. The highest BCUT2D eigenvalue weighted by Gasteiger charge is 2.46. The highest BCUT2D eigenvalue weighted by atomic mass is 16.5. The van der Waals surface area contributed by atoms with E-state index in [9.17, 15) is 48.6 Å². The molecular weight excluding hydrogens is 905 g/mol. The van der Waals surface area contributed by atoms with Gasteiger partial charge in [0.2, 0.25) is 41.4 Å². The number of esters is 1. The van der Waals surface area contributed by atoms with Crippen molar-refractivity contribution in [1.82, 2.24) is 41.7 Å². The topological polar surface area (TPSA) is 282 Å². The molecule has 2 fully saturated rings. The average molecular weight is 975 g/mol. The van der Waals surface area contributed by atoms with Crippen LogP contribution in [0, 0.1) is 11.8 Å². The number of phenols is 1. The number of aliphatic hydroxyl groups is 1. The number of aliphatic hydroxyl groups excluding tert-OH is 1. The lowest BCUT2D eigenvalue weighted by Gasteiger charge is -2.43. The number of nitrogens with zero attached hydrogens (tertiary/aromatic N) is 2. The van der Waals surface area contributed by atoms with Crippen LogP contribution in [0.1, 0.15) is 98.6 Å². The number of fused-ring (bicyclic) bond motifs is 2. The van der Waals surface area contributed by atoms with Gasteiger partial charge in [-0.25, -0.2) is 4.79 Å². The molecule has 9 atom stereocenters. The Morgan fingerprint density at radius 2 is 1.46 bits per heavy atom. The maximum atomic E-state index is 15.0. The number of phenolic OH excluding ortho intramolecular Hbond substituents is 1. The number of cyclic esters (lactones) is 1. The highest BCUT2D eigenvalue weighted by molar-refractivity contribution is 6.02. The van der Waals surface area contributed by atoms with Gasteiger partial charge in [0.05, 0.1) is 0 Å². The minimum atomic E-state index is -1.75. The molecule has 2 heterocycles. The number of likely N-dealkylation sites (N-methyl/N-ethyl adjacent to an activating group) is 1. The summed E-state index contributed by atoms with van der Waals surface area (Å²) < 4.78 is 5.87. The summed E-state index contributed by atoms with van der Waals surface area (Å²) >= 11 is 0. The molecule has 0 spiro atoms. The molecule has 9 unspecified atom stereocenters. The fourth-order valence-corrected chi connectivity index (χ4v) is 8.22. The summed E-state index contributed by atoms with van der Waals surface area (Å²) in [4.78, 5) is 129. The normalized spacial score (nSPS) is 24.8. The molecule has 2 aliphatic heterocycles. The van der Waals surface area contributed by atoms with Gasteiger partial charge in [-0.15, -0.1) is 0 Å². The minimum Gasteiger partial charge on any atom is -0.508 e. The van der Waals surface area contributed by atoms with Gasteiger partial charge in [-0.2, -0.15) is 0 Å². The van der Waals surface area contributed by atoms with Gasteiger partial charge in [-0.1, -0.05) is 83.2 Å². The SMILES string of the molecule is CC=C(NC(=O)C(C)NC(=O)CCC)C(=O)NC1C(=O)NC(CC(C)C)C(=O)NC2CCC(O)N(C2=O)C(Cc2ccccc2)C(=O)N(C)C(Cc2ccc(O)cc2)C(=O)NC(C(C)C)C(=O)OC1C. The van der Waals surface area contributed by atoms with E-state index in [0.29, 0.717) is 17.5 Å². The van der Waals surface area contributed by atoms with Crippen LogP contribution in [-0.2, 0) is 60.7 Å². The number of piperidine rings is 1. The van der Waals surface area contributed by atoms with Gasteiger partial charge in [0.1, 0.15) is 66.1 Å². The van der Waals surface area contributed by atoms with E-state index in [2.05, 4.69) is 31.9 Å². The standard InChI is InChI=1S/C50H70N8O12/c1-10-15-39(60)51-29(7)43(62)52-34(11-2)44(63)56-42-30(8)70-50(69)41(28(5)6)55-46(65)37(25-32-18-20-33(59)21-19-32)57(9)49(68)38(26-31-16-13-12-14-17-31)58-40(61)23-22-35(48(58)67)53-45(64)36(24-27(3)4)54-47(42)66/h11-14,16-21,27-30,35-38,40-42,59,61H,10,15,22-26H2,1-9H3,(H,51,60)(H,52,62)(H,53,64)(H,54,66)(H,55,65)(H,56,63). The summed E-state index contributed by atoms with van der Waals surface area (Å²) in [7, 11) is 1.37. The van der Waals surface area contributed by atoms with Crippen molar-refractivity contribution in [3.05, 3.63) is 77.5 Å². The summed E-state index contributed by atoms with van der Waals surface area (Å²) in [6.45, 7) is 12.8. The number of aromatic hydroxyl groups is 1. The Balaban J connectivity index is 1.84. The van der Waals surface area contributed by atoms with E-state index in [-0.39, 0.29) is 61.8 Å². The summed E-state index contributed by atoms with van der Waals surface area (Å²) in [5.74, 6) is -8.22. The second-order valence-corrected chi connectivity index (χ2v) is 18.7. The lowest BCUT2D eigenvalue weighted by atomic mass is 9.95. The number of rotatable bonds is 14. The zero-order valence-electron chi connectivity index (χ0n) is 41.4. The molecule has 0 radical (unpaired) electrons. The van der Waals surface area contributed by atoms with Gasteiger partial charge in [0.15, 0.2) is 0 Å². The lowest BCUT2D eigenvalue weighted by molar-refractivity contribution is -0.165. The lowest BCUT2D eigenvalue weighted by Crippen LogP contribution is -2.65. The largest absolute Gasteiger partial charge is 0.508 e. The predicted molar refractivity (Wildman–Crippen MR) is 256 cm³/mol. The fraction of sp³-hybridized carbons (Fsp3) is 0.540. The number of nitrogens with one attached hydrogen (secondary N) is 6. The van der Waals surface area contributed by atoms with Crippen molar-refractivity contribution in [3.8, 4) is 5.75 Å². The van der Waals surface area contributed by atoms with Crippen LogP contribution in [0.4, 0.5) is 0 Å². The molecule has 20 nitrogen and oxygen atoms in total. The Morgan fingerprint density at radius 1 is 0.829 bits per heavy atom. The zero-order valence-corrected chi connectivity index (χ0v) is 41.4. The third-order valence-electron chi connectivity index (χ3n) is 12.2. The summed E-state index contributed by atoms with van der Waals surface area (Å²) in [6, 6.07) is 5.04. The number of benzene rings is 2. The minimum absolute atomic E-state index is 0.0290. The van der Waals surface area contributed by atoms with Crippen LogP contribution in [0.5, 0.6) is 5.75 Å². The first-order valence-corrected chi connectivity index (χ1v) is 23.8. The Kier molecular flexibility index (Phi) is 20.5. The highest BCUT2D eigenvalue weighted by Crippen LogP contribution is 2.26. The first-order chi connectivity index (χ1) is 33.1. The van der Waals surface area contributed by atoms with Crippen LogP contribution >= 0.6 is 0 Å². The smallest absolute Gasteiger partial charge is 0.329 e. The number of hydrogen-bond acceptors (Lipinski definition) is 12. The molecule has 0 saturated carbocycles. The fourth-order valence-electron chi connectivity index (χ4n) is 8.22.